The lowest BCUT2D eigenvalue weighted by atomic mass is 10.5. The Balaban J connectivity index is 2.40. The predicted octanol–water partition coefficient (Wildman–Crippen LogP) is 1.16. The van der Waals surface area contributed by atoms with Gasteiger partial charge in [-0.15, -0.1) is 11.8 Å². The molecule has 1 rings (SSSR count). The van der Waals surface area contributed by atoms with E-state index in [1.807, 2.05) is 30.0 Å². The Bertz CT molecular complexity index is 161. The van der Waals surface area contributed by atoms with E-state index in [2.05, 4.69) is 0 Å². The van der Waals surface area contributed by atoms with Crippen LogP contribution in [0.15, 0.2) is 11.6 Å². The monoisotopic (exact) mass is 171 g/mol. The van der Waals surface area contributed by atoms with Crippen LogP contribution in [0.3, 0.4) is 0 Å². The molecule has 11 heavy (non-hydrogen) atoms. The Morgan fingerprint density at radius 2 is 2.64 bits per heavy atom. The van der Waals surface area contributed by atoms with E-state index in [1.165, 1.54) is 0 Å². The Morgan fingerprint density at radius 1 is 1.82 bits per heavy atom. The van der Waals surface area contributed by atoms with E-state index in [4.69, 9.17) is 0 Å². The van der Waals surface area contributed by atoms with Crippen LogP contribution in [0, 0.1) is 0 Å². The molecule has 0 saturated carbocycles. The van der Waals surface area contributed by atoms with Crippen LogP contribution in [-0.2, 0) is 4.79 Å². The molecule has 3 nitrogen and oxygen atoms in total. The van der Waals surface area contributed by atoms with Crippen molar-refractivity contribution in [3.8, 4) is 0 Å². The molecule has 0 aromatic carbocycles. The van der Waals surface area contributed by atoms with Crippen LogP contribution in [-0.4, -0.2) is 28.8 Å². The van der Waals surface area contributed by atoms with E-state index in [0.29, 0.717) is 0 Å². The molecule has 0 aliphatic carbocycles. The fourth-order valence-corrected chi connectivity index (χ4v) is 1.56. The highest BCUT2D eigenvalue weighted by atomic mass is 32.2. The van der Waals surface area contributed by atoms with Crippen LogP contribution in [0.1, 0.15) is 13.3 Å². The first-order chi connectivity index (χ1) is 5.38. The fourth-order valence-electron chi connectivity index (χ4n) is 0.864. The van der Waals surface area contributed by atoms with Gasteiger partial charge in [-0.05, 0) is 11.8 Å². The molecule has 0 saturated heterocycles. The minimum Gasteiger partial charge on any atom is -0.279 e. The zero-order valence-electron chi connectivity index (χ0n) is 6.49. The van der Waals surface area contributed by atoms with Crippen LogP contribution in [0.4, 0.5) is 0 Å². The van der Waals surface area contributed by atoms with Gasteiger partial charge in [0, 0.05) is 12.7 Å². The second kappa shape index (κ2) is 4.28. The SMILES string of the molecule is CCCN([C]=O)N1C=CSC1. The molecule has 1 amide bonds. The smallest absolute Gasteiger partial charge is 0.279 e. The number of nitrogens with zero attached hydrogens (tertiary/aromatic N) is 2. The highest BCUT2D eigenvalue weighted by molar-refractivity contribution is 8.02. The highest BCUT2D eigenvalue weighted by Gasteiger charge is 2.11. The lowest BCUT2D eigenvalue weighted by Crippen LogP contribution is -2.36. The Hall–Kier alpha value is -0.640. The summed E-state index contributed by atoms with van der Waals surface area (Å²) in [5, 5.41) is 5.40. The summed E-state index contributed by atoms with van der Waals surface area (Å²) in [7, 11) is 0. The zero-order valence-corrected chi connectivity index (χ0v) is 7.30. The standard InChI is InChI=1S/C7H11N2OS/c1-2-3-8(6-10)9-4-5-11-7-9/h4-5H,2-3,7H2,1H3. The molecule has 0 aromatic rings. The molecule has 4 heteroatoms. The average Bonchev–Trinajstić information content (AvgIpc) is 2.52. The highest BCUT2D eigenvalue weighted by Crippen LogP contribution is 2.16. The number of hydrogen-bond donors (Lipinski definition) is 0. The topological polar surface area (TPSA) is 23.6 Å². The number of thioether (sulfide) groups is 1. The van der Waals surface area contributed by atoms with Gasteiger partial charge in [-0.25, -0.2) is 5.01 Å². The van der Waals surface area contributed by atoms with Gasteiger partial charge in [0.25, 0.3) is 0 Å². The molecule has 0 spiro atoms. The summed E-state index contributed by atoms with van der Waals surface area (Å²) >= 11 is 1.68. The third kappa shape index (κ3) is 2.15. The summed E-state index contributed by atoms with van der Waals surface area (Å²) in [6, 6.07) is 0. The largest absolute Gasteiger partial charge is 0.332 e. The first-order valence-corrected chi connectivity index (χ1v) is 4.63. The van der Waals surface area contributed by atoms with Crippen LogP contribution in [0.25, 0.3) is 0 Å². The van der Waals surface area contributed by atoms with Gasteiger partial charge in [0.2, 0.25) is 0 Å². The van der Waals surface area contributed by atoms with Crippen LogP contribution in [0.5, 0.6) is 0 Å². The van der Waals surface area contributed by atoms with Crippen molar-refractivity contribution in [2.75, 3.05) is 12.4 Å². The van der Waals surface area contributed by atoms with E-state index in [0.717, 1.165) is 18.8 Å². The van der Waals surface area contributed by atoms with Crippen molar-refractivity contribution >= 4 is 18.2 Å². The Labute approximate surface area is 71.0 Å². The van der Waals surface area contributed by atoms with Crippen LogP contribution in [0.2, 0.25) is 0 Å². The van der Waals surface area contributed by atoms with E-state index in [1.54, 1.807) is 16.8 Å². The molecule has 1 aliphatic rings. The lowest BCUT2D eigenvalue weighted by Gasteiger charge is -2.25. The van der Waals surface area contributed by atoms with Gasteiger partial charge in [-0.2, -0.15) is 0 Å². The molecular weight excluding hydrogens is 160 g/mol. The van der Waals surface area contributed by atoms with E-state index in [-0.39, 0.29) is 0 Å². The normalized spacial score (nSPS) is 15.5. The van der Waals surface area contributed by atoms with Crippen LogP contribution >= 0.6 is 11.8 Å². The van der Waals surface area contributed by atoms with Crippen molar-refractivity contribution in [2.45, 2.75) is 13.3 Å². The van der Waals surface area contributed by atoms with Gasteiger partial charge in [0.05, 0.1) is 5.88 Å². The molecule has 1 radical (unpaired) electrons. The van der Waals surface area contributed by atoms with Crippen molar-refractivity contribution in [1.82, 2.24) is 10.0 Å². The number of amides is 1. The summed E-state index contributed by atoms with van der Waals surface area (Å²) in [6.45, 7) is 2.78. The first kappa shape index (κ1) is 8.46. The maximum absolute atomic E-state index is 10.4. The van der Waals surface area contributed by atoms with Gasteiger partial charge >= 0.3 is 6.41 Å². The van der Waals surface area contributed by atoms with Crippen molar-refractivity contribution in [3.63, 3.8) is 0 Å². The summed E-state index contributed by atoms with van der Waals surface area (Å²) in [4.78, 5) is 10.4. The summed E-state index contributed by atoms with van der Waals surface area (Å²) in [6.07, 6.45) is 4.75. The predicted molar refractivity (Wildman–Crippen MR) is 46.1 cm³/mol. The van der Waals surface area contributed by atoms with Crippen LogP contribution < -0.4 is 0 Å². The molecule has 0 fully saturated rings. The molecule has 0 unspecified atom stereocenters. The minimum absolute atomic E-state index is 0.744. The molecular formula is C7H11N2OS. The molecule has 1 heterocycles. The molecule has 61 valence electrons. The van der Waals surface area contributed by atoms with Crippen molar-refractivity contribution in [2.24, 2.45) is 0 Å². The Kier molecular flexibility index (Phi) is 3.29. The third-order valence-electron chi connectivity index (χ3n) is 1.39. The van der Waals surface area contributed by atoms with E-state index < -0.39 is 0 Å². The number of hydrazine groups is 1. The molecule has 0 aromatic heterocycles. The second-order valence-electron chi connectivity index (χ2n) is 2.23. The third-order valence-corrected chi connectivity index (χ3v) is 2.11. The number of rotatable bonds is 4. The van der Waals surface area contributed by atoms with Gasteiger partial charge < -0.3 is 0 Å². The quantitative estimate of drug-likeness (QED) is 0.593. The fraction of sp³-hybridized carbons (Fsp3) is 0.571. The van der Waals surface area contributed by atoms with Crippen molar-refractivity contribution in [1.29, 1.82) is 0 Å². The van der Waals surface area contributed by atoms with Crippen molar-refractivity contribution in [3.05, 3.63) is 11.6 Å². The average molecular weight is 171 g/mol. The van der Waals surface area contributed by atoms with E-state index in [9.17, 15) is 4.79 Å². The summed E-state index contributed by atoms with van der Waals surface area (Å²) in [5.74, 6) is 0.829. The molecule has 0 bridgehead atoms. The number of carbonyl (C=O) groups excluding carboxylic acids is 1. The first-order valence-electron chi connectivity index (χ1n) is 3.58. The van der Waals surface area contributed by atoms with Crippen molar-refractivity contribution < 1.29 is 4.79 Å². The lowest BCUT2D eigenvalue weighted by molar-refractivity contribution is 0.126. The van der Waals surface area contributed by atoms with E-state index >= 15 is 0 Å². The molecule has 0 atom stereocenters. The van der Waals surface area contributed by atoms with Gasteiger partial charge in [0.15, 0.2) is 0 Å². The summed E-state index contributed by atoms with van der Waals surface area (Å²) < 4.78 is 0. The maximum atomic E-state index is 10.4. The minimum atomic E-state index is 0.744. The molecule has 0 N–H and O–H groups in total. The summed E-state index contributed by atoms with van der Waals surface area (Å²) in [5.41, 5.74) is 0. The number of hydrogen-bond acceptors (Lipinski definition) is 3. The Morgan fingerprint density at radius 3 is 3.09 bits per heavy atom. The van der Waals surface area contributed by atoms with Gasteiger partial charge in [-0.3, -0.25) is 9.80 Å². The second-order valence-corrected chi connectivity index (χ2v) is 3.10. The maximum Gasteiger partial charge on any atom is 0.332 e. The van der Waals surface area contributed by atoms with Gasteiger partial charge in [-0.1, -0.05) is 6.92 Å². The molecule has 1 aliphatic heterocycles. The zero-order chi connectivity index (χ0) is 8.10. The van der Waals surface area contributed by atoms with Gasteiger partial charge in [0.1, 0.15) is 0 Å².